The highest BCUT2D eigenvalue weighted by Crippen LogP contribution is 2.36. The lowest BCUT2D eigenvalue weighted by Crippen LogP contribution is -2.34. The molecule has 0 spiro atoms. The van der Waals surface area contributed by atoms with Gasteiger partial charge in [-0.05, 0) is 47.9 Å². The summed E-state index contributed by atoms with van der Waals surface area (Å²) in [4.78, 5) is 30.3. The van der Waals surface area contributed by atoms with Gasteiger partial charge in [0.2, 0.25) is 0 Å². The van der Waals surface area contributed by atoms with E-state index >= 15 is 0 Å². The summed E-state index contributed by atoms with van der Waals surface area (Å²) in [7, 11) is -4.20. The number of sulfonamides is 1. The van der Waals surface area contributed by atoms with Crippen molar-refractivity contribution in [3.8, 4) is 5.82 Å². The van der Waals surface area contributed by atoms with E-state index in [1.54, 1.807) is 22.7 Å². The molecule has 0 aliphatic carbocycles. The van der Waals surface area contributed by atoms with Crippen LogP contribution < -0.4 is 20.9 Å². The molecule has 0 fully saturated rings. The Labute approximate surface area is 194 Å². The van der Waals surface area contributed by atoms with Crippen LogP contribution in [0.5, 0.6) is 0 Å². The molecular weight excluding hydrogens is 489 g/mol. The number of nitrogens with one attached hydrogen (secondary N) is 3. The first-order valence-electron chi connectivity index (χ1n) is 9.42. The first-order valence-corrected chi connectivity index (χ1v) is 12.7. The number of halogens is 1. The Bertz CT molecular complexity index is 1570. The molecule has 0 unspecified atom stereocenters. The molecule has 0 atom stereocenters. The van der Waals surface area contributed by atoms with E-state index in [9.17, 15) is 22.4 Å². The molecular formula is C20H14FN5O4S3. The first-order chi connectivity index (χ1) is 15.8. The number of hydrogen-bond donors (Lipinski definition) is 3. The summed E-state index contributed by atoms with van der Waals surface area (Å²) < 4.78 is 40.2. The summed E-state index contributed by atoms with van der Waals surface area (Å²) in [6, 6.07) is 9.66. The van der Waals surface area contributed by atoms with Crippen molar-refractivity contribution in [3.63, 3.8) is 0 Å². The Morgan fingerprint density at radius 3 is 2.76 bits per heavy atom. The van der Waals surface area contributed by atoms with Crippen LogP contribution in [0, 0.1) is 5.13 Å². The van der Waals surface area contributed by atoms with E-state index in [-0.39, 0.29) is 15.5 Å². The third-order valence-corrected chi connectivity index (χ3v) is 8.42. The average molecular weight is 504 g/mol. The quantitative estimate of drug-likeness (QED) is 0.389. The first kappa shape index (κ1) is 21.4. The van der Waals surface area contributed by atoms with E-state index in [1.807, 2.05) is 18.2 Å². The maximum absolute atomic E-state index is 13.1. The summed E-state index contributed by atoms with van der Waals surface area (Å²) in [5, 5.41) is 6.29. The van der Waals surface area contributed by atoms with Crippen LogP contribution in [0.4, 0.5) is 20.6 Å². The molecule has 1 aromatic carbocycles. The van der Waals surface area contributed by atoms with E-state index in [0.717, 1.165) is 34.0 Å². The normalized spacial score (nSPS) is 12.9. The molecule has 1 aliphatic heterocycles. The molecule has 1 aliphatic rings. The zero-order valence-electron chi connectivity index (χ0n) is 16.5. The van der Waals surface area contributed by atoms with Gasteiger partial charge in [-0.25, -0.2) is 22.9 Å². The Morgan fingerprint density at radius 2 is 2.03 bits per heavy atom. The van der Waals surface area contributed by atoms with Crippen LogP contribution in [0.25, 0.3) is 16.6 Å². The molecule has 0 bridgehead atoms. The van der Waals surface area contributed by atoms with Gasteiger partial charge < -0.3 is 10.6 Å². The number of fused-ring (bicyclic) bond motifs is 2. The molecule has 0 saturated heterocycles. The second-order valence-electron chi connectivity index (χ2n) is 6.92. The summed E-state index contributed by atoms with van der Waals surface area (Å²) in [5.41, 5.74) is 0.976. The number of hydrogen-bond acceptors (Lipinski definition) is 8. The maximum Gasteiger partial charge on any atom is 0.333 e. The molecule has 3 aromatic heterocycles. The number of thiophene rings is 1. The minimum absolute atomic E-state index is 0.206. The number of anilines is 2. The predicted octanol–water partition coefficient (Wildman–Crippen LogP) is 3.57. The molecule has 0 saturated carbocycles. The topological polar surface area (TPSA) is 122 Å². The van der Waals surface area contributed by atoms with Gasteiger partial charge in [-0.1, -0.05) is 11.3 Å². The summed E-state index contributed by atoms with van der Waals surface area (Å²) in [6.45, 7) is 0. The van der Waals surface area contributed by atoms with E-state index in [4.69, 9.17) is 0 Å². The molecule has 2 amide bonds. The van der Waals surface area contributed by atoms with E-state index in [1.165, 1.54) is 22.9 Å². The Morgan fingerprint density at radius 1 is 1.18 bits per heavy atom. The van der Waals surface area contributed by atoms with Crippen LogP contribution in [0.3, 0.4) is 0 Å². The van der Waals surface area contributed by atoms with Gasteiger partial charge in [0, 0.05) is 22.2 Å². The second kappa shape index (κ2) is 8.17. The van der Waals surface area contributed by atoms with E-state index in [0.29, 0.717) is 22.5 Å². The monoisotopic (exact) mass is 503 g/mol. The maximum atomic E-state index is 13.1. The van der Waals surface area contributed by atoms with Crippen molar-refractivity contribution in [2.75, 3.05) is 16.5 Å². The largest absolute Gasteiger partial charge is 0.375 e. The predicted molar refractivity (Wildman–Crippen MR) is 125 cm³/mol. The van der Waals surface area contributed by atoms with Gasteiger partial charge in [0.15, 0.2) is 5.13 Å². The molecule has 9 nitrogen and oxygen atoms in total. The van der Waals surface area contributed by atoms with Crippen LogP contribution in [-0.4, -0.2) is 29.9 Å². The fourth-order valence-electron chi connectivity index (χ4n) is 3.28. The van der Waals surface area contributed by atoms with Gasteiger partial charge in [0.25, 0.3) is 15.6 Å². The zero-order valence-corrected chi connectivity index (χ0v) is 19.0. The number of rotatable bonds is 4. The van der Waals surface area contributed by atoms with Gasteiger partial charge in [0.1, 0.15) is 10.0 Å². The van der Waals surface area contributed by atoms with Gasteiger partial charge in [0.05, 0.1) is 17.8 Å². The third-order valence-electron chi connectivity index (χ3n) is 4.79. The highest BCUT2D eigenvalue weighted by molar-refractivity contribution is 7.99. The van der Waals surface area contributed by atoms with Crippen molar-refractivity contribution in [1.29, 1.82) is 0 Å². The summed E-state index contributed by atoms with van der Waals surface area (Å²) in [5.74, 6) is 1.09. The highest BCUT2D eigenvalue weighted by atomic mass is 32.2. The number of carbonyl (C=O) groups excluding carboxylic acids is 1. The van der Waals surface area contributed by atoms with E-state index < -0.39 is 21.2 Å². The molecule has 4 aromatic rings. The number of amides is 2. The zero-order chi connectivity index (χ0) is 23.2. The fraction of sp³-hybridized carbons (Fsp3) is 0.0500. The molecule has 168 valence electrons. The van der Waals surface area contributed by atoms with Crippen molar-refractivity contribution in [3.05, 3.63) is 70.3 Å². The van der Waals surface area contributed by atoms with Gasteiger partial charge in [-0.2, -0.15) is 4.39 Å². The third kappa shape index (κ3) is 4.17. The number of pyridine rings is 2. The van der Waals surface area contributed by atoms with Gasteiger partial charge in [-0.15, -0.1) is 11.8 Å². The number of benzene rings is 1. The van der Waals surface area contributed by atoms with Crippen molar-refractivity contribution in [2.24, 2.45) is 0 Å². The molecule has 33 heavy (non-hydrogen) atoms. The second-order valence-corrected chi connectivity index (χ2v) is 10.9. The number of carbonyl (C=O) groups is 1. The fourth-order valence-corrected chi connectivity index (χ4v) is 6.06. The van der Waals surface area contributed by atoms with Crippen LogP contribution in [0.1, 0.15) is 0 Å². The minimum atomic E-state index is -4.20. The molecule has 3 N–H and O–H groups in total. The lowest BCUT2D eigenvalue weighted by atomic mass is 10.1. The van der Waals surface area contributed by atoms with Crippen molar-refractivity contribution in [1.82, 2.24) is 14.3 Å². The van der Waals surface area contributed by atoms with Gasteiger partial charge in [-0.3, -0.25) is 9.36 Å². The lowest BCUT2D eigenvalue weighted by molar-refractivity contribution is 0.256. The molecule has 13 heteroatoms. The van der Waals surface area contributed by atoms with Crippen molar-refractivity contribution >= 4 is 61.3 Å². The lowest BCUT2D eigenvalue weighted by Gasteiger charge is -2.10. The van der Waals surface area contributed by atoms with Gasteiger partial charge >= 0.3 is 6.03 Å². The number of nitrogens with zero attached hydrogens (tertiary/aromatic N) is 2. The average Bonchev–Trinajstić information content (AvgIpc) is 3.42. The number of aromatic nitrogens is 2. The summed E-state index contributed by atoms with van der Waals surface area (Å²) in [6.07, 6.45) is 2.92. The number of urea groups is 1. The number of thioether (sulfide) groups is 1. The highest BCUT2D eigenvalue weighted by Gasteiger charge is 2.20. The Balaban J connectivity index is 1.35. The molecule has 0 radical (unpaired) electrons. The van der Waals surface area contributed by atoms with Crippen LogP contribution in [-0.2, 0) is 10.0 Å². The van der Waals surface area contributed by atoms with Crippen LogP contribution >= 0.6 is 23.1 Å². The van der Waals surface area contributed by atoms with Crippen molar-refractivity contribution in [2.45, 2.75) is 9.10 Å². The Hall–Kier alpha value is -3.42. The standard InChI is InChI=1S/C20H14FN5O4S3/c21-16-2-4-18(32-16)33(29,30)25-20(28)24-12-1-3-17(22-9-12)26-6-5-11-7-14-15(31-10-23-14)8-13(11)19(26)27/h1-9,23H,10H2,(H2,24,25,28). The van der Waals surface area contributed by atoms with Crippen LogP contribution in [0.15, 0.2) is 68.8 Å². The minimum Gasteiger partial charge on any atom is -0.375 e. The van der Waals surface area contributed by atoms with E-state index in [2.05, 4.69) is 15.6 Å². The SMILES string of the molecule is O=C(Nc1ccc(-n2ccc3cc4c(cc3c2=O)SCN4)nc1)NS(=O)(=O)c1ccc(F)s1. The Kier molecular flexibility index (Phi) is 5.31. The van der Waals surface area contributed by atoms with Crippen LogP contribution in [0.2, 0.25) is 0 Å². The molecule has 5 rings (SSSR count). The summed E-state index contributed by atoms with van der Waals surface area (Å²) >= 11 is 2.03. The molecule has 4 heterocycles. The smallest absolute Gasteiger partial charge is 0.333 e. The van der Waals surface area contributed by atoms with Crippen molar-refractivity contribution < 1.29 is 17.6 Å².